The van der Waals surface area contributed by atoms with E-state index < -0.39 is 7.51 Å². The van der Waals surface area contributed by atoms with Crippen LogP contribution in [0.1, 0.15) is 11.1 Å². The molecule has 0 aromatic heterocycles. The average molecular weight is 443 g/mol. The second-order valence-corrected chi connectivity index (χ2v) is 11.1. The highest BCUT2D eigenvalue weighted by molar-refractivity contribution is 7.58. The van der Waals surface area contributed by atoms with Crippen LogP contribution in [0.5, 0.6) is 11.5 Å². The van der Waals surface area contributed by atoms with Crippen molar-refractivity contribution in [1.29, 1.82) is 0 Å². The van der Waals surface area contributed by atoms with Crippen molar-refractivity contribution in [2.24, 2.45) is 4.91 Å². The smallest absolute Gasteiger partial charge is 0.213 e. The van der Waals surface area contributed by atoms with E-state index in [1.165, 1.54) is 11.1 Å². The zero-order chi connectivity index (χ0) is 22.9. The third-order valence-electron chi connectivity index (χ3n) is 4.81. The summed E-state index contributed by atoms with van der Waals surface area (Å²) in [7, 11) is 7.70. The topological polar surface area (TPSA) is 40.5 Å². The third kappa shape index (κ3) is 6.55. The van der Waals surface area contributed by atoms with Gasteiger partial charge in [-0.15, -0.1) is 13.2 Å². The van der Waals surface area contributed by atoms with Crippen molar-refractivity contribution >= 4 is 7.51 Å². The highest BCUT2D eigenvalue weighted by Crippen LogP contribution is 2.55. The summed E-state index contributed by atoms with van der Waals surface area (Å²) in [5.41, 5.74) is 2.40. The summed E-state index contributed by atoms with van der Waals surface area (Å²) in [5.74, 6) is 1.52. The molecule has 7 heteroatoms. The SMILES string of the molecule is C=CCc1ccc(OCN(C)P(=NOc2ccc(CC=C)cc2)(N(C)C)N(C)C)cc1. The Morgan fingerprint density at radius 2 is 1.23 bits per heavy atom. The van der Waals surface area contributed by atoms with Crippen molar-refractivity contribution in [2.45, 2.75) is 12.8 Å². The van der Waals surface area contributed by atoms with E-state index in [0.717, 1.165) is 18.6 Å². The first kappa shape index (κ1) is 24.9. The standard InChI is InChI=1S/C24H35N4O2P/c1-8-10-21-12-16-23(17-13-21)29-20-28(7)31(26(3)4,27(5)6)25-30-24-18-14-22(11-9-2)15-19-24/h8-9,12-19H,1-2,10-11,20H2,3-7H3. The van der Waals surface area contributed by atoms with Gasteiger partial charge in [-0.2, -0.15) is 0 Å². The fourth-order valence-electron chi connectivity index (χ4n) is 3.27. The van der Waals surface area contributed by atoms with E-state index in [1.54, 1.807) is 0 Å². The van der Waals surface area contributed by atoms with Gasteiger partial charge in [0.05, 0.1) is 0 Å². The highest BCUT2D eigenvalue weighted by atomic mass is 31.2. The molecule has 31 heavy (non-hydrogen) atoms. The van der Waals surface area contributed by atoms with E-state index in [9.17, 15) is 0 Å². The maximum atomic E-state index is 6.05. The van der Waals surface area contributed by atoms with E-state index in [2.05, 4.69) is 39.3 Å². The zero-order valence-electron chi connectivity index (χ0n) is 19.4. The number of rotatable bonds is 12. The van der Waals surface area contributed by atoms with E-state index in [4.69, 9.17) is 14.5 Å². The molecule has 0 aliphatic carbocycles. The van der Waals surface area contributed by atoms with Crippen LogP contribution < -0.4 is 9.57 Å². The number of hydrogen-bond donors (Lipinski definition) is 0. The summed E-state index contributed by atoms with van der Waals surface area (Å²) < 4.78 is 12.3. The van der Waals surface area contributed by atoms with Gasteiger partial charge in [-0.1, -0.05) is 41.3 Å². The van der Waals surface area contributed by atoms with E-state index in [-0.39, 0.29) is 0 Å². The van der Waals surface area contributed by atoms with Crippen molar-refractivity contribution in [2.75, 3.05) is 42.0 Å². The summed E-state index contributed by atoms with van der Waals surface area (Å²) in [6, 6.07) is 16.0. The normalized spacial score (nSPS) is 11.6. The molecule has 0 fully saturated rings. The van der Waals surface area contributed by atoms with Crippen LogP contribution in [0.3, 0.4) is 0 Å². The Labute approximate surface area is 187 Å². The molecule has 2 rings (SSSR count). The van der Waals surface area contributed by atoms with Crippen LogP contribution in [0.25, 0.3) is 0 Å². The van der Waals surface area contributed by atoms with Crippen LogP contribution in [-0.2, 0) is 12.8 Å². The molecule has 0 saturated carbocycles. The van der Waals surface area contributed by atoms with Gasteiger partial charge in [0.2, 0.25) is 7.51 Å². The minimum absolute atomic E-state index is 0.371. The lowest BCUT2D eigenvalue weighted by Gasteiger charge is -2.40. The molecule has 6 nitrogen and oxygen atoms in total. The van der Waals surface area contributed by atoms with Gasteiger partial charge in [0.1, 0.15) is 12.5 Å². The van der Waals surface area contributed by atoms with Gasteiger partial charge in [0, 0.05) is 0 Å². The fourth-order valence-corrected chi connectivity index (χ4v) is 6.04. The van der Waals surface area contributed by atoms with Gasteiger partial charge in [0.25, 0.3) is 0 Å². The first-order chi connectivity index (χ1) is 14.8. The minimum Gasteiger partial charge on any atom is -0.478 e. The quantitative estimate of drug-likeness (QED) is 0.189. The molecule has 0 amide bonds. The molecule has 0 saturated heterocycles. The summed E-state index contributed by atoms with van der Waals surface area (Å²) in [4.78, 5) is 10.6. The summed E-state index contributed by atoms with van der Waals surface area (Å²) in [6.45, 7) is 7.93. The lowest BCUT2D eigenvalue weighted by molar-refractivity contribution is 0.207. The number of hydrogen-bond acceptors (Lipinski definition) is 3. The number of benzene rings is 2. The Morgan fingerprint density at radius 3 is 1.65 bits per heavy atom. The third-order valence-corrected chi connectivity index (χ3v) is 8.29. The van der Waals surface area contributed by atoms with Crippen molar-refractivity contribution in [3.63, 3.8) is 0 Å². The van der Waals surface area contributed by atoms with Gasteiger partial charge >= 0.3 is 0 Å². The lowest BCUT2D eigenvalue weighted by Crippen LogP contribution is -2.35. The Morgan fingerprint density at radius 1 is 0.774 bits per heavy atom. The minimum atomic E-state index is -2.33. The van der Waals surface area contributed by atoms with Gasteiger partial charge in [-0.05, 0) is 83.5 Å². The maximum absolute atomic E-state index is 6.05. The summed E-state index contributed by atoms with van der Waals surface area (Å²) in [5, 5.41) is 0. The molecule has 0 radical (unpaired) electrons. The molecule has 0 spiro atoms. The predicted octanol–water partition coefficient (Wildman–Crippen LogP) is 5.48. The number of allylic oxidation sites excluding steroid dienone is 2. The monoisotopic (exact) mass is 442 g/mol. The summed E-state index contributed by atoms with van der Waals surface area (Å²) in [6.07, 6.45) is 5.46. The Hall–Kier alpha value is -2.37. The summed E-state index contributed by atoms with van der Waals surface area (Å²) >= 11 is 0. The molecule has 0 aliphatic heterocycles. The molecule has 0 heterocycles. The Kier molecular flexibility index (Phi) is 9.53. The predicted molar refractivity (Wildman–Crippen MR) is 131 cm³/mol. The van der Waals surface area contributed by atoms with Crippen molar-refractivity contribution in [3.8, 4) is 11.5 Å². The second-order valence-electron chi connectivity index (χ2n) is 7.61. The maximum Gasteiger partial charge on any atom is 0.213 e. The first-order valence-electron chi connectivity index (χ1n) is 10.2. The number of ether oxygens (including phenoxy) is 1. The van der Waals surface area contributed by atoms with Gasteiger partial charge in [-0.3, -0.25) is 0 Å². The Bertz CT molecular complexity index is 881. The molecule has 0 aliphatic rings. The van der Waals surface area contributed by atoms with Crippen LogP contribution in [-0.4, -0.2) is 56.0 Å². The molecule has 2 aromatic carbocycles. The van der Waals surface area contributed by atoms with Crippen LogP contribution in [0, 0.1) is 0 Å². The van der Waals surface area contributed by atoms with Crippen LogP contribution in [0.4, 0.5) is 0 Å². The van der Waals surface area contributed by atoms with Gasteiger partial charge < -0.3 is 9.57 Å². The average Bonchev–Trinajstić information content (AvgIpc) is 2.74. The molecule has 168 valence electrons. The molecule has 0 N–H and O–H groups in total. The van der Waals surface area contributed by atoms with Crippen LogP contribution in [0.2, 0.25) is 0 Å². The highest BCUT2D eigenvalue weighted by Gasteiger charge is 2.33. The second kappa shape index (κ2) is 11.9. The fraction of sp³-hybridized carbons (Fsp3) is 0.333. The van der Waals surface area contributed by atoms with E-state index >= 15 is 0 Å². The van der Waals surface area contributed by atoms with Gasteiger partial charge in [-0.25, -0.2) is 14.0 Å². The van der Waals surface area contributed by atoms with E-state index in [0.29, 0.717) is 12.5 Å². The molecule has 0 bridgehead atoms. The molecule has 2 aromatic rings. The Balaban J connectivity index is 2.19. The van der Waals surface area contributed by atoms with Crippen LogP contribution in [0.15, 0.2) is 78.7 Å². The van der Waals surface area contributed by atoms with Crippen LogP contribution >= 0.6 is 7.51 Å². The molecule has 0 atom stereocenters. The molecule has 0 unspecified atom stereocenters. The van der Waals surface area contributed by atoms with Crippen molar-refractivity contribution in [1.82, 2.24) is 14.0 Å². The van der Waals surface area contributed by atoms with Gasteiger partial charge in [0.15, 0.2) is 5.75 Å². The zero-order valence-corrected chi connectivity index (χ0v) is 20.3. The molecular weight excluding hydrogens is 407 g/mol. The van der Waals surface area contributed by atoms with Crippen molar-refractivity contribution in [3.05, 3.63) is 85.0 Å². The lowest BCUT2D eigenvalue weighted by atomic mass is 10.1. The first-order valence-corrected chi connectivity index (χ1v) is 11.8. The molecular formula is C24H35N4O2P. The number of nitrogens with zero attached hydrogens (tertiary/aromatic N) is 4. The largest absolute Gasteiger partial charge is 0.478 e. The van der Waals surface area contributed by atoms with Crippen molar-refractivity contribution < 1.29 is 9.57 Å². The van der Waals surface area contributed by atoms with E-state index in [1.807, 2.05) is 83.8 Å².